The summed E-state index contributed by atoms with van der Waals surface area (Å²) >= 11 is 0. The number of ether oxygens (including phenoxy) is 2. The summed E-state index contributed by atoms with van der Waals surface area (Å²) in [4.78, 5) is 12.4. The van der Waals surface area contributed by atoms with Gasteiger partial charge in [0.25, 0.3) is 0 Å². The first kappa shape index (κ1) is 20.6. The number of alkyl halides is 2. The second-order valence-electron chi connectivity index (χ2n) is 6.04. The second kappa shape index (κ2) is 9.87. The van der Waals surface area contributed by atoms with Gasteiger partial charge in [-0.2, -0.15) is 8.78 Å². The normalized spacial score (nSPS) is 13.1. The Bertz CT molecular complexity index is 741. The van der Waals surface area contributed by atoms with Gasteiger partial charge in [0.15, 0.2) is 11.5 Å². The summed E-state index contributed by atoms with van der Waals surface area (Å²) in [7, 11) is 0. The number of nitrogens with two attached hydrogens (primary N) is 1. The van der Waals surface area contributed by atoms with Crippen LogP contribution in [0, 0.1) is 5.92 Å². The molecule has 0 bridgehead atoms. The molecule has 0 aromatic heterocycles. The molecule has 0 spiro atoms. The Balaban J connectivity index is 2.00. The number of carbonyl (C=O) groups is 1. The van der Waals surface area contributed by atoms with Crippen molar-refractivity contribution in [2.75, 3.05) is 6.61 Å². The summed E-state index contributed by atoms with van der Waals surface area (Å²) in [6.07, 6.45) is 0. The largest absolute Gasteiger partial charge is 0.490 e. The number of halogens is 2. The molecule has 0 radical (unpaired) electrons. The van der Waals surface area contributed by atoms with Crippen LogP contribution in [0.3, 0.4) is 0 Å². The topological polar surface area (TPSA) is 73.6 Å². The summed E-state index contributed by atoms with van der Waals surface area (Å²) in [5.74, 6) is -0.461. The van der Waals surface area contributed by atoms with Gasteiger partial charge in [0.2, 0.25) is 5.91 Å². The highest BCUT2D eigenvalue weighted by molar-refractivity contribution is 5.79. The van der Waals surface area contributed by atoms with Crippen molar-refractivity contribution < 1.29 is 23.0 Å². The van der Waals surface area contributed by atoms with Crippen molar-refractivity contribution >= 4 is 5.91 Å². The Labute approximate surface area is 157 Å². The van der Waals surface area contributed by atoms with Gasteiger partial charge < -0.3 is 20.5 Å². The average molecular weight is 378 g/mol. The lowest BCUT2D eigenvalue weighted by atomic mass is 9.94. The minimum atomic E-state index is -2.94. The highest BCUT2D eigenvalue weighted by atomic mass is 19.3. The van der Waals surface area contributed by atoms with Gasteiger partial charge in [-0.25, -0.2) is 0 Å². The highest BCUT2D eigenvalue weighted by Gasteiger charge is 2.22. The van der Waals surface area contributed by atoms with E-state index in [9.17, 15) is 13.6 Å². The molecule has 0 heterocycles. The summed E-state index contributed by atoms with van der Waals surface area (Å²) in [6, 6.07) is 13.5. The van der Waals surface area contributed by atoms with Gasteiger partial charge >= 0.3 is 6.61 Å². The first-order chi connectivity index (χ1) is 12.9. The van der Waals surface area contributed by atoms with Gasteiger partial charge in [-0.15, -0.1) is 0 Å². The maximum Gasteiger partial charge on any atom is 0.387 e. The van der Waals surface area contributed by atoms with Gasteiger partial charge in [0.05, 0.1) is 12.5 Å². The molecule has 2 aromatic carbocycles. The van der Waals surface area contributed by atoms with Gasteiger partial charge in [-0.05, 0) is 30.2 Å². The maximum absolute atomic E-state index is 12.5. The lowest BCUT2D eigenvalue weighted by molar-refractivity contribution is -0.125. The summed E-state index contributed by atoms with van der Waals surface area (Å²) in [5.41, 5.74) is 7.75. The SMILES string of the molecule is CCOc1cc(CNC(=O)C(C)C(N)c2ccccc2)ccc1OC(F)F. The molecular formula is C20H24F2N2O3. The zero-order valence-corrected chi connectivity index (χ0v) is 15.3. The molecule has 0 aliphatic rings. The minimum absolute atomic E-state index is 0.0404. The van der Waals surface area contributed by atoms with Crippen molar-refractivity contribution in [3.8, 4) is 11.5 Å². The maximum atomic E-state index is 12.5. The molecule has 0 aliphatic heterocycles. The minimum Gasteiger partial charge on any atom is -0.490 e. The van der Waals surface area contributed by atoms with Crippen LogP contribution in [0.2, 0.25) is 0 Å². The number of hydrogen-bond donors (Lipinski definition) is 2. The Morgan fingerprint density at radius 2 is 1.85 bits per heavy atom. The smallest absolute Gasteiger partial charge is 0.387 e. The van der Waals surface area contributed by atoms with Crippen LogP contribution in [-0.4, -0.2) is 19.1 Å². The quantitative estimate of drug-likeness (QED) is 0.699. The molecule has 2 rings (SSSR count). The molecule has 1 amide bonds. The molecule has 146 valence electrons. The molecule has 0 fully saturated rings. The van der Waals surface area contributed by atoms with Gasteiger partial charge in [0, 0.05) is 12.6 Å². The molecule has 0 saturated carbocycles. The molecular weight excluding hydrogens is 354 g/mol. The van der Waals surface area contributed by atoms with E-state index in [1.807, 2.05) is 30.3 Å². The molecule has 7 heteroatoms. The number of amides is 1. The summed E-state index contributed by atoms with van der Waals surface area (Å²) in [5, 5.41) is 2.82. The number of benzene rings is 2. The molecule has 2 atom stereocenters. The van der Waals surface area contributed by atoms with Crippen molar-refractivity contribution in [3.05, 3.63) is 59.7 Å². The van der Waals surface area contributed by atoms with E-state index in [0.717, 1.165) is 5.56 Å². The lowest BCUT2D eigenvalue weighted by Crippen LogP contribution is -2.35. The number of nitrogens with one attached hydrogen (secondary N) is 1. The van der Waals surface area contributed by atoms with E-state index < -0.39 is 18.6 Å². The third-order valence-corrected chi connectivity index (χ3v) is 4.13. The van der Waals surface area contributed by atoms with E-state index in [1.165, 1.54) is 6.07 Å². The van der Waals surface area contributed by atoms with Crippen molar-refractivity contribution in [3.63, 3.8) is 0 Å². The molecule has 3 N–H and O–H groups in total. The molecule has 0 aliphatic carbocycles. The zero-order valence-electron chi connectivity index (χ0n) is 15.3. The fourth-order valence-corrected chi connectivity index (χ4v) is 2.60. The standard InChI is InChI=1S/C20H24F2N2O3/c1-3-26-17-11-14(9-10-16(17)27-20(21)22)12-24-19(25)13(2)18(23)15-7-5-4-6-8-15/h4-11,13,18,20H,3,12,23H2,1-2H3,(H,24,25). The monoisotopic (exact) mass is 378 g/mol. The fourth-order valence-electron chi connectivity index (χ4n) is 2.60. The fraction of sp³-hybridized carbons (Fsp3) is 0.350. The Hall–Kier alpha value is -2.67. The van der Waals surface area contributed by atoms with Crippen LogP contribution in [0.5, 0.6) is 11.5 Å². The van der Waals surface area contributed by atoms with E-state index >= 15 is 0 Å². The van der Waals surface area contributed by atoms with Gasteiger partial charge in [-0.1, -0.05) is 43.3 Å². The van der Waals surface area contributed by atoms with Crippen LogP contribution in [0.1, 0.15) is 31.0 Å². The first-order valence-electron chi connectivity index (χ1n) is 8.71. The number of carbonyl (C=O) groups excluding carboxylic acids is 1. The van der Waals surface area contributed by atoms with Gasteiger partial charge in [-0.3, -0.25) is 4.79 Å². The third kappa shape index (κ3) is 5.92. The van der Waals surface area contributed by atoms with Crippen LogP contribution >= 0.6 is 0 Å². The highest BCUT2D eigenvalue weighted by Crippen LogP contribution is 2.30. The molecule has 5 nitrogen and oxygen atoms in total. The van der Waals surface area contributed by atoms with Crippen molar-refractivity contribution in [1.82, 2.24) is 5.32 Å². The number of rotatable bonds is 9. The van der Waals surface area contributed by atoms with Crippen LogP contribution in [0.4, 0.5) is 8.78 Å². The first-order valence-corrected chi connectivity index (χ1v) is 8.71. The molecule has 0 saturated heterocycles. The van der Waals surface area contributed by atoms with Gasteiger partial charge in [0.1, 0.15) is 0 Å². The predicted octanol–water partition coefficient (Wildman–Crippen LogP) is 3.64. The van der Waals surface area contributed by atoms with Crippen molar-refractivity contribution in [1.29, 1.82) is 0 Å². The summed E-state index contributed by atoms with van der Waals surface area (Å²) in [6.45, 7) is 1.10. The van der Waals surface area contributed by atoms with Crippen LogP contribution in [0.25, 0.3) is 0 Å². The summed E-state index contributed by atoms with van der Waals surface area (Å²) < 4.78 is 34.7. The van der Waals surface area contributed by atoms with Crippen LogP contribution < -0.4 is 20.5 Å². The van der Waals surface area contributed by atoms with E-state index in [-0.39, 0.29) is 24.0 Å². The van der Waals surface area contributed by atoms with E-state index in [4.69, 9.17) is 10.5 Å². The Kier molecular flexibility index (Phi) is 7.55. The van der Waals surface area contributed by atoms with Crippen molar-refractivity contribution in [2.24, 2.45) is 11.7 Å². The van der Waals surface area contributed by atoms with E-state index in [1.54, 1.807) is 26.0 Å². The van der Waals surface area contributed by atoms with Crippen LogP contribution in [0.15, 0.2) is 48.5 Å². The predicted molar refractivity (Wildman–Crippen MR) is 98.6 cm³/mol. The zero-order chi connectivity index (χ0) is 19.8. The second-order valence-corrected chi connectivity index (χ2v) is 6.04. The lowest BCUT2D eigenvalue weighted by Gasteiger charge is -2.20. The molecule has 27 heavy (non-hydrogen) atoms. The molecule has 2 aromatic rings. The Morgan fingerprint density at radius 1 is 1.15 bits per heavy atom. The van der Waals surface area contributed by atoms with E-state index in [2.05, 4.69) is 10.1 Å². The van der Waals surface area contributed by atoms with E-state index in [0.29, 0.717) is 12.2 Å². The third-order valence-electron chi connectivity index (χ3n) is 4.13. The average Bonchev–Trinajstić information content (AvgIpc) is 2.67. The van der Waals surface area contributed by atoms with Crippen LogP contribution in [-0.2, 0) is 11.3 Å². The van der Waals surface area contributed by atoms with Crippen molar-refractivity contribution in [2.45, 2.75) is 33.0 Å². The Morgan fingerprint density at radius 3 is 2.48 bits per heavy atom. The number of hydrogen-bond acceptors (Lipinski definition) is 4. The molecule has 2 unspecified atom stereocenters.